The Morgan fingerprint density at radius 2 is 1.89 bits per heavy atom. The summed E-state index contributed by atoms with van der Waals surface area (Å²) in [6.07, 6.45) is 0. The van der Waals surface area contributed by atoms with Crippen LogP contribution in [0.3, 0.4) is 0 Å². The summed E-state index contributed by atoms with van der Waals surface area (Å²) >= 11 is 5.77. The fourth-order valence-corrected chi connectivity index (χ4v) is 1.60. The van der Waals surface area contributed by atoms with Crippen LogP contribution in [0.5, 0.6) is 0 Å². The summed E-state index contributed by atoms with van der Waals surface area (Å²) in [6, 6.07) is 8.37. The van der Waals surface area contributed by atoms with Gasteiger partial charge in [0.25, 0.3) is 5.91 Å². The minimum Gasteiger partial charge on any atom is -0.359 e. The van der Waals surface area contributed by atoms with Crippen LogP contribution in [0, 0.1) is 0 Å². The van der Waals surface area contributed by atoms with E-state index in [4.69, 9.17) is 16.1 Å². The summed E-state index contributed by atoms with van der Waals surface area (Å²) in [6.45, 7) is 6.04. The van der Waals surface area contributed by atoms with Crippen LogP contribution in [0.4, 0.5) is 5.82 Å². The third kappa shape index (κ3) is 3.35. The molecule has 2 rings (SSSR count). The molecule has 0 aliphatic carbocycles. The Hall–Kier alpha value is -1.81. The first kappa shape index (κ1) is 13.6. The number of rotatable bonds is 2. The Labute approximate surface area is 116 Å². The summed E-state index contributed by atoms with van der Waals surface area (Å²) in [5.41, 5.74) is 0.376. The van der Waals surface area contributed by atoms with E-state index in [0.29, 0.717) is 16.4 Å². The van der Waals surface area contributed by atoms with E-state index < -0.39 is 0 Å². The summed E-state index contributed by atoms with van der Waals surface area (Å²) in [7, 11) is 0. The first-order valence-corrected chi connectivity index (χ1v) is 6.28. The van der Waals surface area contributed by atoms with Crippen LogP contribution in [0.25, 0.3) is 0 Å². The Morgan fingerprint density at radius 1 is 1.26 bits per heavy atom. The van der Waals surface area contributed by atoms with Gasteiger partial charge in [0, 0.05) is 22.1 Å². The normalized spacial score (nSPS) is 11.4. The van der Waals surface area contributed by atoms with E-state index >= 15 is 0 Å². The first-order valence-electron chi connectivity index (χ1n) is 5.90. The fraction of sp³-hybridized carbons (Fsp3) is 0.286. The van der Waals surface area contributed by atoms with E-state index in [1.807, 2.05) is 20.8 Å². The van der Waals surface area contributed by atoms with E-state index in [1.165, 1.54) is 0 Å². The van der Waals surface area contributed by atoms with Crippen molar-refractivity contribution in [1.29, 1.82) is 0 Å². The van der Waals surface area contributed by atoms with Crippen molar-refractivity contribution in [3.05, 3.63) is 46.7 Å². The molecule has 2 aromatic rings. The zero-order chi connectivity index (χ0) is 14.0. The average Bonchev–Trinajstić information content (AvgIpc) is 2.78. The molecule has 5 heteroatoms. The predicted octanol–water partition coefficient (Wildman–Crippen LogP) is 3.88. The first-order chi connectivity index (χ1) is 8.86. The minimum absolute atomic E-state index is 0.143. The van der Waals surface area contributed by atoms with Crippen molar-refractivity contribution >= 4 is 23.3 Å². The lowest BCUT2D eigenvalue weighted by molar-refractivity contribution is 0.102. The maximum atomic E-state index is 11.9. The van der Waals surface area contributed by atoms with E-state index in [-0.39, 0.29) is 11.3 Å². The quantitative estimate of drug-likeness (QED) is 0.907. The van der Waals surface area contributed by atoms with Gasteiger partial charge in [-0.2, -0.15) is 0 Å². The molecule has 1 amide bonds. The molecule has 0 spiro atoms. The second kappa shape index (κ2) is 5.05. The second-order valence-corrected chi connectivity index (χ2v) is 5.72. The van der Waals surface area contributed by atoms with Crippen molar-refractivity contribution in [1.82, 2.24) is 5.16 Å². The number of nitrogens with zero attached hydrogens (tertiary/aromatic N) is 1. The summed E-state index contributed by atoms with van der Waals surface area (Å²) < 4.78 is 5.20. The van der Waals surface area contributed by atoms with Gasteiger partial charge in [0.05, 0.1) is 0 Å². The van der Waals surface area contributed by atoms with Crippen molar-refractivity contribution in [3.63, 3.8) is 0 Å². The molecule has 4 nitrogen and oxygen atoms in total. The molecule has 1 heterocycles. The molecular formula is C14H15ClN2O2. The van der Waals surface area contributed by atoms with Crippen molar-refractivity contribution < 1.29 is 9.32 Å². The van der Waals surface area contributed by atoms with Gasteiger partial charge < -0.3 is 9.84 Å². The number of aromatic nitrogens is 1. The van der Waals surface area contributed by atoms with Crippen molar-refractivity contribution in [3.8, 4) is 0 Å². The van der Waals surface area contributed by atoms with Gasteiger partial charge in [0.1, 0.15) is 5.76 Å². The molecule has 100 valence electrons. The number of nitrogens with one attached hydrogen (secondary N) is 1. The Kier molecular flexibility index (Phi) is 3.62. The standard InChI is InChI=1S/C14H15ClN2O2/c1-14(2,3)11-8-12(17-19-11)16-13(18)9-4-6-10(15)7-5-9/h4-8H,1-3H3,(H,16,17,18). The molecule has 0 aliphatic rings. The van der Waals surface area contributed by atoms with Gasteiger partial charge in [-0.1, -0.05) is 37.5 Å². The number of hydrogen-bond acceptors (Lipinski definition) is 3. The Morgan fingerprint density at radius 3 is 2.42 bits per heavy atom. The van der Waals surface area contributed by atoms with Crippen LogP contribution in [0.2, 0.25) is 5.02 Å². The highest BCUT2D eigenvalue weighted by Crippen LogP contribution is 2.24. The third-order valence-corrected chi connectivity index (χ3v) is 2.85. The number of carbonyl (C=O) groups is 1. The molecule has 0 bridgehead atoms. The van der Waals surface area contributed by atoms with Crippen LogP contribution in [0.1, 0.15) is 36.9 Å². The summed E-state index contributed by atoms with van der Waals surface area (Å²) in [4.78, 5) is 11.9. The van der Waals surface area contributed by atoms with Gasteiger partial charge >= 0.3 is 0 Å². The summed E-state index contributed by atoms with van der Waals surface area (Å²) in [5, 5.41) is 7.11. The fourth-order valence-electron chi connectivity index (χ4n) is 1.48. The van der Waals surface area contributed by atoms with E-state index in [1.54, 1.807) is 30.3 Å². The highest BCUT2D eigenvalue weighted by Gasteiger charge is 2.20. The summed E-state index contributed by atoms with van der Waals surface area (Å²) in [5.74, 6) is 0.884. The van der Waals surface area contributed by atoms with E-state index in [2.05, 4.69) is 10.5 Å². The highest BCUT2D eigenvalue weighted by atomic mass is 35.5. The van der Waals surface area contributed by atoms with Crippen LogP contribution in [0.15, 0.2) is 34.9 Å². The molecule has 0 unspecified atom stereocenters. The van der Waals surface area contributed by atoms with E-state index in [0.717, 1.165) is 5.76 Å². The second-order valence-electron chi connectivity index (χ2n) is 5.29. The van der Waals surface area contributed by atoms with Crippen LogP contribution >= 0.6 is 11.6 Å². The molecule has 0 fully saturated rings. The predicted molar refractivity (Wildman–Crippen MR) is 74.6 cm³/mol. The van der Waals surface area contributed by atoms with E-state index in [9.17, 15) is 4.79 Å². The zero-order valence-electron chi connectivity index (χ0n) is 11.0. The molecule has 0 aliphatic heterocycles. The van der Waals surface area contributed by atoms with Gasteiger partial charge in [-0.25, -0.2) is 0 Å². The van der Waals surface area contributed by atoms with Gasteiger partial charge in [0.2, 0.25) is 0 Å². The molecule has 0 saturated carbocycles. The lowest BCUT2D eigenvalue weighted by Crippen LogP contribution is -2.12. The minimum atomic E-state index is -0.245. The highest BCUT2D eigenvalue weighted by molar-refractivity contribution is 6.30. The number of amides is 1. The van der Waals surface area contributed by atoms with Crippen molar-refractivity contribution in [2.75, 3.05) is 5.32 Å². The van der Waals surface area contributed by atoms with Crippen LogP contribution in [-0.2, 0) is 5.41 Å². The van der Waals surface area contributed by atoms with Crippen molar-refractivity contribution in [2.45, 2.75) is 26.2 Å². The maximum absolute atomic E-state index is 11.9. The molecule has 1 N–H and O–H groups in total. The number of hydrogen-bond donors (Lipinski definition) is 1. The SMILES string of the molecule is CC(C)(C)c1cc(NC(=O)c2ccc(Cl)cc2)no1. The van der Waals surface area contributed by atoms with Gasteiger partial charge in [-0.05, 0) is 24.3 Å². The monoisotopic (exact) mass is 278 g/mol. The molecule has 1 aromatic heterocycles. The average molecular weight is 279 g/mol. The van der Waals surface area contributed by atoms with Gasteiger partial charge in [0.15, 0.2) is 5.82 Å². The van der Waals surface area contributed by atoms with Crippen LogP contribution < -0.4 is 5.32 Å². The lowest BCUT2D eigenvalue weighted by Gasteiger charge is -2.12. The van der Waals surface area contributed by atoms with Crippen LogP contribution in [-0.4, -0.2) is 11.1 Å². The third-order valence-electron chi connectivity index (χ3n) is 2.60. The lowest BCUT2D eigenvalue weighted by atomic mass is 9.93. The van der Waals surface area contributed by atoms with Crippen molar-refractivity contribution in [2.24, 2.45) is 0 Å². The smallest absolute Gasteiger partial charge is 0.256 e. The molecule has 0 radical (unpaired) electrons. The zero-order valence-corrected chi connectivity index (χ0v) is 11.8. The largest absolute Gasteiger partial charge is 0.359 e. The van der Waals surface area contributed by atoms with Gasteiger partial charge in [-0.3, -0.25) is 4.79 Å². The maximum Gasteiger partial charge on any atom is 0.256 e. The number of halogens is 1. The molecular weight excluding hydrogens is 264 g/mol. The number of carbonyl (C=O) groups excluding carboxylic acids is 1. The molecule has 1 aromatic carbocycles. The molecule has 0 atom stereocenters. The molecule has 19 heavy (non-hydrogen) atoms. The number of benzene rings is 1. The Balaban J connectivity index is 2.11. The number of anilines is 1. The molecule has 0 saturated heterocycles. The Bertz CT molecular complexity index is 582. The van der Waals surface area contributed by atoms with Gasteiger partial charge in [-0.15, -0.1) is 0 Å². The topological polar surface area (TPSA) is 55.1 Å².